The van der Waals surface area contributed by atoms with Gasteiger partial charge in [0.05, 0.1) is 26.5 Å². The van der Waals surface area contributed by atoms with Gasteiger partial charge < -0.3 is 23.5 Å². The van der Waals surface area contributed by atoms with Gasteiger partial charge in [-0.3, -0.25) is 0 Å². The molecule has 0 saturated heterocycles. The van der Waals surface area contributed by atoms with Crippen LogP contribution in [0, 0.1) is 0 Å². The first-order chi connectivity index (χ1) is 52.8. The number of furan rings is 2. The molecule has 16 aromatic carbocycles. The molecule has 0 atom stereocenters. The Bertz CT molecular complexity index is 6880. The minimum atomic E-state index is 0.867. The first kappa shape index (κ1) is 66.3. The largest absolute Gasteiger partial charge is 0.456 e. The highest BCUT2D eigenvalue weighted by molar-refractivity contribution is 9.11. The average Bonchev–Trinajstić information content (AvgIpc) is 1.63. The molecule has 5 nitrogen and oxygen atoms in total. The summed E-state index contributed by atoms with van der Waals surface area (Å²) in [5.74, 6) is 0. The summed E-state index contributed by atoms with van der Waals surface area (Å²) in [6.45, 7) is 0. The zero-order valence-electron chi connectivity index (χ0n) is 57.2. The van der Waals surface area contributed by atoms with Crippen LogP contribution < -0.4 is 14.7 Å². The summed E-state index contributed by atoms with van der Waals surface area (Å²) in [6.07, 6.45) is 0. The second kappa shape index (κ2) is 28.5. The summed E-state index contributed by atoms with van der Waals surface area (Å²) in [4.78, 5) is 7.02. The van der Waals surface area contributed by atoms with E-state index in [0.717, 1.165) is 103 Å². The molecular formula is C96H60Br3N3O2S3. The van der Waals surface area contributed by atoms with E-state index in [-0.39, 0.29) is 0 Å². The SMILES string of the molecule is Brc1cc(N(c2ccc(-c3ccccc3)cc2)c2ccc3sc4ccccc4c3c2)c2oc3ccccc3c2c1.Brc1cc(N(c2ccccc2)c2ccc(-c3ccccc3)cc2)c2sc3ccccc3c2c1.Brc1cc(N(c2ccccc2)c2ccc3oc4ccccc4c3c2)c2sc3ccccc3c2c1. The number of nitrogens with zero attached hydrogens (tertiary/aromatic N) is 3. The average molecular weight is 1620 g/mol. The first-order valence-electron chi connectivity index (χ1n) is 35.2. The van der Waals surface area contributed by atoms with Gasteiger partial charge in [-0.1, -0.05) is 260 Å². The molecule has 0 aliphatic heterocycles. The Labute approximate surface area is 654 Å². The van der Waals surface area contributed by atoms with Crippen molar-refractivity contribution >= 4 is 237 Å². The summed E-state index contributed by atoms with van der Waals surface area (Å²) in [6, 6.07) is 129. The Morgan fingerprint density at radius 3 is 1.05 bits per heavy atom. The summed E-state index contributed by atoms with van der Waals surface area (Å²) in [5.41, 5.74) is 18.4. The number of hydrogen-bond donors (Lipinski definition) is 0. The Morgan fingerprint density at radius 2 is 0.533 bits per heavy atom. The number of rotatable bonds is 11. The van der Waals surface area contributed by atoms with Crippen LogP contribution in [0.5, 0.6) is 0 Å². The summed E-state index contributed by atoms with van der Waals surface area (Å²) < 4.78 is 23.5. The van der Waals surface area contributed by atoms with Gasteiger partial charge in [0.2, 0.25) is 0 Å². The van der Waals surface area contributed by atoms with Gasteiger partial charge in [-0.05, 0) is 174 Å². The highest BCUT2D eigenvalue weighted by Gasteiger charge is 2.25. The lowest BCUT2D eigenvalue weighted by Crippen LogP contribution is -2.10. The molecule has 0 N–H and O–H groups in total. The van der Waals surface area contributed by atoms with Gasteiger partial charge in [-0.2, -0.15) is 0 Å². The maximum atomic E-state index is 6.54. The smallest absolute Gasteiger partial charge is 0.159 e. The van der Waals surface area contributed by atoms with Crippen molar-refractivity contribution in [3.05, 3.63) is 377 Å². The molecule has 11 heteroatoms. The fourth-order valence-electron chi connectivity index (χ4n) is 14.8. The second-order valence-corrected chi connectivity index (χ2v) is 32.2. The number of hydrogen-bond acceptors (Lipinski definition) is 8. The van der Waals surface area contributed by atoms with Crippen molar-refractivity contribution in [2.45, 2.75) is 0 Å². The molecule has 0 aliphatic rings. The van der Waals surface area contributed by atoms with E-state index in [1.807, 2.05) is 58.3 Å². The maximum absolute atomic E-state index is 6.54. The molecule has 0 amide bonds. The molecular weight excluding hydrogens is 1560 g/mol. The molecule has 0 unspecified atom stereocenters. The van der Waals surface area contributed by atoms with Gasteiger partial charge in [0.1, 0.15) is 16.7 Å². The fourth-order valence-corrected chi connectivity index (χ4v) is 19.6. The van der Waals surface area contributed by atoms with Crippen molar-refractivity contribution in [1.29, 1.82) is 0 Å². The molecule has 0 saturated carbocycles. The van der Waals surface area contributed by atoms with Crippen LogP contribution in [0.3, 0.4) is 0 Å². The quantitative estimate of drug-likeness (QED) is 0.129. The van der Waals surface area contributed by atoms with Crippen LogP contribution in [0.2, 0.25) is 0 Å². The van der Waals surface area contributed by atoms with Crippen LogP contribution in [-0.4, -0.2) is 0 Å². The third kappa shape index (κ3) is 12.6. The van der Waals surface area contributed by atoms with Crippen LogP contribution in [-0.2, 0) is 0 Å². The lowest BCUT2D eigenvalue weighted by Gasteiger charge is -2.26. The lowest BCUT2D eigenvalue weighted by molar-refractivity contribution is 0.668. The lowest BCUT2D eigenvalue weighted by atomic mass is 10.0. The Kier molecular flexibility index (Phi) is 17.7. The van der Waals surface area contributed by atoms with E-state index in [1.54, 1.807) is 0 Å². The number of thiophene rings is 3. The van der Waals surface area contributed by atoms with Gasteiger partial charge in [0, 0.05) is 120 Å². The zero-order chi connectivity index (χ0) is 71.5. The highest BCUT2D eigenvalue weighted by atomic mass is 79.9. The van der Waals surface area contributed by atoms with Crippen molar-refractivity contribution in [3.8, 4) is 22.3 Å². The van der Waals surface area contributed by atoms with Gasteiger partial charge >= 0.3 is 0 Å². The molecule has 21 aromatic rings. The van der Waals surface area contributed by atoms with Crippen molar-refractivity contribution in [1.82, 2.24) is 0 Å². The third-order valence-corrected chi connectivity index (χ3v) is 24.7. The summed E-state index contributed by atoms with van der Waals surface area (Å²) in [5, 5.41) is 12.1. The van der Waals surface area contributed by atoms with Crippen LogP contribution in [0.15, 0.2) is 386 Å². The standard InChI is InChI=1S/C36H22BrNOS.C30H18BrNOS.C30H20BrNS/c37-25-20-31-28-10-4-6-12-33(28)39-36(31)32(21-25)38(26-16-14-24(15-17-26)23-8-2-1-3-9-23)27-18-19-35-30(22-27)29-11-5-7-13-34(29)40-35;31-19-16-25-23-11-5-7-13-29(23)34-30(25)26(17-19)32(20-8-2-1-3-9-20)21-14-15-28-24(18-21)22-10-4-6-12-27(22)33-28;31-23-19-27-26-13-7-8-14-29(26)33-30(27)28(20-23)32(24-11-5-2-6-12-24)25-17-15-22(16-18-25)21-9-3-1-4-10-21/h1-22H;1-18H;1-20H. The predicted molar refractivity (Wildman–Crippen MR) is 471 cm³/mol. The molecule has 107 heavy (non-hydrogen) atoms. The van der Waals surface area contributed by atoms with Gasteiger partial charge in [-0.15, -0.1) is 34.0 Å². The van der Waals surface area contributed by atoms with E-state index >= 15 is 0 Å². The normalized spacial score (nSPS) is 11.5. The van der Waals surface area contributed by atoms with Crippen LogP contribution in [0.1, 0.15) is 0 Å². The topological polar surface area (TPSA) is 36.0 Å². The van der Waals surface area contributed by atoms with E-state index in [4.69, 9.17) is 8.83 Å². The number of anilines is 9. The van der Waals surface area contributed by atoms with Crippen molar-refractivity contribution < 1.29 is 8.83 Å². The van der Waals surface area contributed by atoms with Crippen molar-refractivity contribution in [2.75, 3.05) is 14.7 Å². The van der Waals surface area contributed by atoms with E-state index < -0.39 is 0 Å². The Morgan fingerprint density at radius 1 is 0.206 bits per heavy atom. The minimum Gasteiger partial charge on any atom is -0.456 e. The van der Waals surface area contributed by atoms with Crippen molar-refractivity contribution in [3.63, 3.8) is 0 Å². The fraction of sp³-hybridized carbons (Fsp3) is 0. The van der Waals surface area contributed by atoms with Crippen LogP contribution >= 0.6 is 81.8 Å². The van der Waals surface area contributed by atoms with Crippen LogP contribution in [0.4, 0.5) is 51.2 Å². The minimum absolute atomic E-state index is 0.867. The monoisotopic (exact) mass is 1620 g/mol. The van der Waals surface area contributed by atoms with Gasteiger partial charge in [0.25, 0.3) is 0 Å². The number of benzene rings is 16. The molecule has 5 aromatic heterocycles. The Hall–Kier alpha value is -11.4. The molecule has 510 valence electrons. The van der Waals surface area contributed by atoms with Gasteiger partial charge in [-0.25, -0.2) is 0 Å². The van der Waals surface area contributed by atoms with Crippen LogP contribution in [0.25, 0.3) is 127 Å². The third-order valence-electron chi connectivity index (χ3n) is 19.7. The maximum Gasteiger partial charge on any atom is 0.159 e. The number of fused-ring (bicyclic) bond motifs is 15. The van der Waals surface area contributed by atoms with E-state index in [9.17, 15) is 0 Å². The number of halogens is 3. The zero-order valence-corrected chi connectivity index (χ0v) is 64.4. The molecule has 21 rings (SSSR count). The highest BCUT2D eigenvalue weighted by Crippen LogP contribution is 2.51. The molecule has 5 heterocycles. The van der Waals surface area contributed by atoms with E-state index in [1.165, 1.54) is 88.5 Å². The molecule has 0 bridgehead atoms. The first-order valence-corrected chi connectivity index (χ1v) is 40.1. The Balaban J connectivity index is 0.000000110. The van der Waals surface area contributed by atoms with Gasteiger partial charge in [0.15, 0.2) is 5.58 Å². The molecule has 0 radical (unpaired) electrons. The summed E-state index contributed by atoms with van der Waals surface area (Å²) in [7, 11) is 0. The van der Waals surface area contributed by atoms with E-state index in [0.29, 0.717) is 0 Å². The predicted octanol–water partition coefficient (Wildman–Crippen LogP) is 32.0. The number of para-hydroxylation sites is 4. The molecule has 0 fully saturated rings. The summed E-state index contributed by atoms with van der Waals surface area (Å²) >= 11 is 16.9. The second-order valence-electron chi connectivity index (χ2n) is 26.3. The van der Waals surface area contributed by atoms with E-state index in [2.05, 4.69) is 402 Å². The molecule has 0 aliphatic carbocycles. The van der Waals surface area contributed by atoms with Crippen molar-refractivity contribution in [2.24, 2.45) is 0 Å². The molecule has 0 spiro atoms.